The van der Waals surface area contributed by atoms with Gasteiger partial charge in [-0.3, -0.25) is 14.2 Å². The fraction of sp³-hybridized carbons (Fsp3) is 0.111. The predicted molar refractivity (Wildman–Crippen MR) is 132 cm³/mol. The topological polar surface area (TPSA) is 81.8 Å². The first-order chi connectivity index (χ1) is 16.6. The molecule has 5 aromatic rings. The molecule has 0 spiro atoms. The van der Waals surface area contributed by atoms with Gasteiger partial charge in [0.15, 0.2) is 0 Å². The van der Waals surface area contributed by atoms with Gasteiger partial charge in [-0.25, -0.2) is 9.67 Å². The minimum Gasteiger partial charge on any atom is -0.352 e. The number of hydrogen-bond acceptors (Lipinski definition) is 4. The van der Waals surface area contributed by atoms with Gasteiger partial charge in [-0.05, 0) is 73.5 Å². The maximum atomic E-state index is 13.0. The molecule has 0 atom stereocenters. The van der Waals surface area contributed by atoms with E-state index in [0.29, 0.717) is 34.5 Å². The van der Waals surface area contributed by atoms with Crippen molar-refractivity contribution in [3.05, 3.63) is 119 Å². The Balaban J connectivity index is 1.24. The Bertz CT molecular complexity index is 1500. The highest BCUT2D eigenvalue weighted by Crippen LogP contribution is 2.14. The Morgan fingerprint density at radius 2 is 1.65 bits per heavy atom. The first-order valence-electron chi connectivity index (χ1n) is 11.1. The number of aryl methyl sites for hydroxylation is 1. The first-order valence-corrected chi connectivity index (χ1v) is 11.1. The number of carbonyl (C=O) groups is 1. The van der Waals surface area contributed by atoms with Gasteiger partial charge in [-0.15, -0.1) is 0 Å². The van der Waals surface area contributed by atoms with Crippen LogP contribution in [0, 0.1) is 6.92 Å². The number of rotatable bonds is 6. The highest BCUT2D eigenvalue weighted by atomic mass is 16.1. The van der Waals surface area contributed by atoms with E-state index in [2.05, 4.69) is 15.4 Å². The number of fused-ring (bicyclic) bond motifs is 1. The van der Waals surface area contributed by atoms with E-state index in [-0.39, 0.29) is 11.5 Å². The van der Waals surface area contributed by atoms with Crippen LogP contribution in [0.5, 0.6) is 0 Å². The number of nitrogens with one attached hydrogen (secondary N) is 1. The molecule has 3 aromatic carbocycles. The Morgan fingerprint density at radius 3 is 2.38 bits per heavy atom. The summed E-state index contributed by atoms with van der Waals surface area (Å²) in [6.07, 6.45) is 4.36. The minimum absolute atomic E-state index is 0.126. The lowest BCUT2D eigenvalue weighted by Gasteiger charge is -2.12. The van der Waals surface area contributed by atoms with Crippen LogP contribution in [0.15, 0.2) is 96.1 Å². The molecule has 7 nitrogen and oxygen atoms in total. The molecular weight excluding hydrogens is 426 g/mol. The maximum absolute atomic E-state index is 13.0. The summed E-state index contributed by atoms with van der Waals surface area (Å²) in [4.78, 5) is 30.1. The van der Waals surface area contributed by atoms with Gasteiger partial charge in [-0.1, -0.05) is 24.3 Å². The van der Waals surface area contributed by atoms with Crippen LogP contribution in [0.4, 0.5) is 0 Å². The second kappa shape index (κ2) is 9.15. The molecule has 0 aliphatic heterocycles. The molecule has 1 N–H and O–H groups in total. The van der Waals surface area contributed by atoms with Gasteiger partial charge >= 0.3 is 0 Å². The van der Waals surface area contributed by atoms with Gasteiger partial charge in [0.05, 0.1) is 22.3 Å². The summed E-state index contributed by atoms with van der Waals surface area (Å²) in [6.45, 7) is 2.32. The summed E-state index contributed by atoms with van der Waals surface area (Å²) in [7, 11) is 0. The largest absolute Gasteiger partial charge is 0.352 e. The summed E-state index contributed by atoms with van der Waals surface area (Å²) in [5, 5.41) is 7.74. The summed E-state index contributed by atoms with van der Waals surface area (Å²) >= 11 is 0. The van der Waals surface area contributed by atoms with Crippen LogP contribution < -0.4 is 10.9 Å². The maximum Gasteiger partial charge on any atom is 0.265 e. The van der Waals surface area contributed by atoms with Crippen molar-refractivity contribution in [1.82, 2.24) is 24.6 Å². The lowest BCUT2D eigenvalue weighted by molar-refractivity contribution is 0.0954. The van der Waals surface area contributed by atoms with Gasteiger partial charge in [0.1, 0.15) is 5.82 Å². The van der Waals surface area contributed by atoms with E-state index in [0.717, 1.165) is 17.7 Å². The quantitative estimate of drug-likeness (QED) is 0.427. The van der Waals surface area contributed by atoms with Crippen LogP contribution in [0.25, 0.3) is 22.3 Å². The molecule has 2 heterocycles. The first kappa shape index (κ1) is 21.3. The average molecular weight is 450 g/mol. The van der Waals surface area contributed by atoms with Gasteiger partial charge < -0.3 is 5.32 Å². The standard InChI is InChI=1S/C27H23N5O2/c1-19-30-25-6-3-2-5-24(25)27(34)32(19)23-13-9-21(10-14-23)26(33)28-17-15-20-7-11-22(12-8-20)31-18-4-16-29-31/h2-14,16,18H,15,17H2,1H3,(H,28,33). The summed E-state index contributed by atoms with van der Waals surface area (Å²) in [6, 6.07) is 24.3. The fourth-order valence-electron chi connectivity index (χ4n) is 3.97. The fourth-order valence-corrected chi connectivity index (χ4v) is 3.97. The van der Waals surface area contributed by atoms with Crippen molar-refractivity contribution < 1.29 is 4.79 Å². The monoisotopic (exact) mass is 449 g/mol. The zero-order chi connectivity index (χ0) is 23.5. The second-order valence-corrected chi connectivity index (χ2v) is 7.99. The van der Waals surface area contributed by atoms with Crippen LogP contribution in [0.2, 0.25) is 0 Å². The third kappa shape index (κ3) is 4.23. The molecule has 168 valence electrons. The molecule has 0 unspecified atom stereocenters. The van der Waals surface area contributed by atoms with E-state index >= 15 is 0 Å². The van der Waals surface area contributed by atoms with Crippen molar-refractivity contribution in [2.24, 2.45) is 0 Å². The number of para-hydroxylation sites is 1. The van der Waals surface area contributed by atoms with Crippen molar-refractivity contribution >= 4 is 16.8 Å². The van der Waals surface area contributed by atoms with Gasteiger partial charge in [0, 0.05) is 24.5 Å². The molecule has 0 radical (unpaired) electrons. The van der Waals surface area contributed by atoms with Gasteiger partial charge in [-0.2, -0.15) is 5.10 Å². The average Bonchev–Trinajstić information content (AvgIpc) is 3.40. The molecule has 0 fully saturated rings. The number of carbonyl (C=O) groups excluding carboxylic acids is 1. The highest BCUT2D eigenvalue weighted by Gasteiger charge is 2.11. The predicted octanol–water partition coefficient (Wildman–Crippen LogP) is 3.85. The summed E-state index contributed by atoms with van der Waals surface area (Å²) in [5.41, 5.74) is 3.89. The Labute approximate surface area is 196 Å². The molecule has 0 bridgehead atoms. The van der Waals surface area contributed by atoms with Crippen molar-refractivity contribution in [2.75, 3.05) is 6.54 Å². The SMILES string of the molecule is Cc1nc2ccccc2c(=O)n1-c1ccc(C(=O)NCCc2ccc(-n3cccn3)cc2)cc1. The third-order valence-electron chi connectivity index (χ3n) is 5.74. The van der Waals surface area contributed by atoms with Crippen LogP contribution in [0.3, 0.4) is 0 Å². The third-order valence-corrected chi connectivity index (χ3v) is 5.74. The molecule has 0 saturated carbocycles. The summed E-state index contributed by atoms with van der Waals surface area (Å²) < 4.78 is 3.37. The molecule has 0 aliphatic rings. The Morgan fingerprint density at radius 1 is 0.912 bits per heavy atom. The zero-order valence-corrected chi connectivity index (χ0v) is 18.7. The normalized spacial score (nSPS) is 11.0. The van der Waals surface area contributed by atoms with Crippen LogP contribution in [-0.4, -0.2) is 31.8 Å². The number of nitrogens with zero attached hydrogens (tertiary/aromatic N) is 4. The van der Waals surface area contributed by atoms with E-state index in [9.17, 15) is 9.59 Å². The number of benzene rings is 3. The molecule has 0 saturated heterocycles. The number of hydrogen-bond donors (Lipinski definition) is 1. The van der Waals surface area contributed by atoms with Crippen LogP contribution >= 0.6 is 0 Å². The number of aromatic nitrogens is 4. The van der Waals surface area contributed by atoms with Crippen LogP contribution in [-0.2, 0) is 6.42 Å². The molecule has 1 amide bonds. The lowest BCUT2D eigenvalue weighted by Crippen LogP contribution is -2.26. The Hall–Kier alpha value is -4.52. The minimum atomic E-state index is -0.152. The van der Waals surface area contributed by atoms with E-state index in [1.807, 2.05) is 54.7 Å². The molecule has 0 aliphatic carbocycles. The van der Waals surface area contributed by atoms with Crippen LogP contribution in [0.1, 0.15) is 21.7 Å². The zero-order valence-electron chi connectivity index (χ0n) is 18.7. The van der Waals surface area contributed by atoms with E-state index in [1.165, 1.54) is 0 Å². The van der Waals surface area contributed by atoms with E-state index < -0.39 is 0 Å². The summed E-state index contributed by atoms with van der Waals surface area (Å²) in [5.74, 6) is 0.444. The van der Waals surface area contributed by atoms with Crippen molar-refractivity contribution in [2.45, 2.75) is 13.3 Å². The molecule has 5 rings (SSSR count). The van der Waals surface area contributed by atoms with Crippen molar-refractivity contribution in [3.8, 4) is 11.4 Å². The smallest absolute Gasteiger partial charge is 0.265 e. The van der Waals surface area contributed by atoms with Gasteiger partial charge in [0.2, 0.25) is 0 Å². The lowest BCUT2D eigenvalue weighted by atomic mass is 10.1. The van der Waals surface area contributed by atoms with E-state index in [1.54, 1.807) is 52.7 Å². The Kier molecular flexibility index (Phi) is 5.74. The molecule has 34 heavy (non-hydrogen) atoms. The second-order valence-electron chi connectivity index (χ2n) is 7.99. The molecule has 2 aromatic heterocycles. The van der Waals surface area contributed by atoms with Crippen molar-refractivity contribution in [1.29, 1.82) is 0 Å². The molecular formula is C27H23N5O2. The molecule has 7 heteroatoms. The van der Waals surface area contributed by atoms with Crippen molar-refractivity contribution in [3.63, 3.8) is 0 Å². The van der Waals surface area contributed by atoms with E-state index in [4.69, 9.17) is 0 Å². The number of amides is 1. The highest BCUT2D eigenvalue weighted by molar-refractivity contribution is 5.94. The van der Waals surface area contributed by atoms with Gasteiger partial charge in [0.25, 0.3) is 11.5 Å².